The molecule has 150 valence electrons. The molecule has 0 amide bonds. The van der Waals surface area contributed by atoms with Crippen molar-refractivity contribution in [2.45, 2.75) is 19.4 Å². The van der Waals surface area contributed by atoms with Gasteiger partial charge in [0.05, 0.1) is 12.8 Å². The van der Waals surface area contributed by atoms with Crippen LogP contribution < -0.4 is 14.8 Å². The van der Waals surface area contributed by atoms with E-state index in [2.05, 4.69) is 15.0 Å². The quantitative estimate of drug-likeness (QED) is 0.321. The number of benzene rings is 1. The fraction of sp³-hybridized carbons (Fsp3) is 0.562. The zero-order valence-electron chi connectivity index (χ0n) is 15.7. The predicted molar refractivity (Wildman–Crippen MR) is 113 cm³/mol. The number of halogens is 2. The van der Waals surface area contributed by atoms with Crippen LogP contribution in [0, 0.1) is 5.82 Å². The number of nitrogens with zero attached hydrogens (tertiary/aromatic N) is 2. The first-order valence-corrected chi connectivity index (χ1v) is 9.71. The molecule has 1 rings (SSSR count). The number of sulfonamides is 1. The first-order chi connectivity index (χ1) is 11.5. The highest BCUT2D eigenvalue weighted by Crippen LogP contribution is 2.15. The number of nitrogens with one attached hydrogen (secondary N) is 2. The third-order valence-electron chi connectivity index (χ3n) is 3.24. The summed E-state index contributed by atoms with van der Waals surface area (Å²) >= 11 is 0. The van der Waals surface area contributed by atoms with Gasteiger partial charge in [0.2, 0.25) is 10.0 Å². The lowest BCUT2D eigenvalue weighted by atomic mass is 10.1. The molecule has 0 bridgehead atoms. The molecule has 0 unspecified atom stereocenters. The van der Waals surface area contributed by atoms with Crippen molar-refractivity contribution in [3.05, 3.63) is 30.1 Å². The van der Waals surface area contributed by atoms with Gasteiger partial charge in [-0.2, -0.15) is 0 Å². The maximum absolute atomic E-state index is 13.5. The van der Waals surface area contributed by atoms with Gasteiger partial charge in [0, 0.05) is 26.2 Å². The molecule has 0 radical (unpaired) electrons. The molecule has 0 heterocycles. The Morgan fingerprint density at radius 2 is 1.96 bits per heavy atom. The highest BCUT2D eigenvalue weighted by Gasteiger charge is 2.22. The number of likely N-dealkylation sites (N-methyl/N-ethyl adjacent to an activating group) is 1. The standard InChI is InChI=1S/C16H27FN4O3S.HI/c1-16(2,20-25(5,22)23)12-19-15(18-3)21(4)10-11-24-14-9-7-6-8-13(14)17;/h6-9,20H,10-12H2,1-5H3,(H,18,19);1H. The van der Waals surface area contributed by atoms with E-state index in [1.165, 1.54) is 6.07 Å². The Balaban J connectivity index is 0.00000625. The molecule has 2 N–H and O–H groups in total. The minimum Gasteiger partial charge on any atom is -0.489 e. The van der Waals surface area contributed by atoms with Crippen LogP contribution in [-0.2, 0) is 10.0 Å². The van der Waals surface area contributed by atoms with Crippen molar-refractivity contribution < 1.29 is 17.5 Å². The third kappa shape index (κ3) is 9.53. The van der Waals surface area contributed by atoms with E-state index in [1.54, 1.807) is 39.1 Å². The lowest BCUT2D eigenvalue weighted by Crippen LogP contribution is -2.53. The molecule has 0 saturated heterocycles. The van der Waals surface area contributed by atoms with Crippen molar-refractivity contribution >= 4 is 40.0 Å². The van der Waals surface area contributed by atoms with Crippen molar-refractivity contribution in [3.63, 3.8) is 0 Å². The fourth-order valence-electron chi connectivity index (χ4n) is 2.18. The van der Waals surface area contributed by atoms with Crippen molar-refractivity contribution in [2.75, 3.05) is 40.0 Å². The molecular formula is C16H28FIN4O3S. The summed E-state index contributed by atoms with van der Waals surface area (Å²) in [5, 5.41) is 3.11. The average molecular weight is 502 g/mol. The highest BCUT2D eigenvalue weighted by atomic mass is 127. The van der Waals surface area contributed by atoms with Gasteiger partial charge in [0.15, 0.2) is 17.5 Å². The van der Waals surface area contributed by atoms with Gasteiger partial charge in [-0.05, 0) is 26.0 Å². The molecule has 1 aromatic carbocycles. The van der Waals surface area contributed by atoms with E-state index in [4.69, 9.17) is 4.74 Å². The van der Waals surface area contributed by atoms with Crippen LogP contribution in [0.2, 0.25) is 0 Å². The van der Waals surface area contributed by atoms with Gasteiger partial charge in [-0.15, -0.1) is 24.0 Å². The maximum atomic E-state index is 13.5. The maximum Gasteiger partial charge on any atom is 0.209 e. The van der Waals surface area contributed by atoms with Crippen molar-refractivity contribution in [2.24, 2.45) is 4.99 Å². The second-order valence-corrected chi connectivity index (χ2v) is 8.11. The third-order valence-corrected chi connectivity index (χ3v) is 4.17. The van der Waals surface area contributed by atoms with E-state index in [9.17, 15) is 12.8 Å². The van der Waals surface area contributed by atoms with Gasteiger partial charge in [-0.1, -0.05) is 12.1 Å². The van der Waals surface area contributed by atoms with Crippen molar-refractivity contribution in [1.29, 1.82) is 0 Å². The van der Waals surface area contributed by atoms with Gasteiger partial charge >= 0.3 is 0 Å². The number of ether oxygens (including phenoxy) is 1. The molecule has 0 saturated carbocycles. The number of aliphatic imine (C=N–C) groups is 1. The van der Waals surface area contributed by atoms with Crippen molar-refractivity contribution in [3.8, 4) is 5.75 Å². The molecule has 0 aliphatic rings. The van der Waals surface area contributed by atoms with E-state index in [0.717, 1.165) is 6.26 Å². The van der Waals surface area contributed by atoms with Crippen LogP contribution >= 0.6 is 24.0 Å². The van der Waals surface area contributed by atoms with Crippen LogP contribution in [0.5, 0.6) is 5.75 Å². The molecule has 0 fully saturated rings. The predicted octanol–water partition coefficient (Wildman–Crippen LogP) is 1.66. The average Bonchev–Trinajstić information content (AvgIpc) is 2.47. The topological polar surface area (TPSA) is 83.0 Å². The van der Waals surface area contributed by atoms with E-state index >= 15 is 0 Å². The molecule has 7 nitrogen and oxygen atoms in total. The Bertz CT molecular complexity index is 698. The zero-order valence-corrected chi connectivity index (χ0v) is 18.9. The van der Waals surface area contributed by atoms with E-state index in [1.807, 2.05) is 11.9 Å². The van der Waals surface area contributed by atoms with E-state index < -0.39 is 21.4 Å². The van der Waals surface area contributed by atoms with Gasteiger partial charge < -0.3 is 15.0 Å². The summed E-state index contributed by atoms with van der Waals surface area (Å²) in [5.41, 5.74) is -0.673. The van der Waals surface area contributed by atoms with Crippen LogP contribution in [0.1, 0.15) is 13.8 Å². The van der Waals surface area contributed by atoms with Crippen LogP contribution in [0.15, 0.2) is 29.3 Å². The van der Waals surface area contributed by atoms with Gasteiger partial charge in [0.25, 0.3) is 0 Å². The lowest BCUT2D eigenvalue weighted by molar-refractivity contribution is 0.269. The first kappa shape index (κ1) is 24.9. The Morgan fingerprint density at radius 3 is 2.50 bits per heavy atom. The van der Waals surface area contributed by atoms with Crippen LogP contribution in [0.25, 0.3) is 0 Å². The molecule has 0 aromatic heterocycles. The number of hydrogen-bond donors (Lipinski definition) is 2. The second-order valence-electron chi connectivity index (χ2n) is 6.36. The second kappa shape index (κ2) is 10.9. The largest absolute Gasteiger partial charge is 0.489 e. The molecule has 0 spiro atoms. The number of para-hydroxylation sites is 1. The normalized spacial score (nSPS) is 12.3. The van der Waals surface area contributed by atoms with E-state index in [0.29, 0.717) is 19.0 Å². The van der Waals surface area contributed by atoms with Crippen LogP contribution in [0.4, 0.5) is 4.39 Å². The summed E-state index contributed by atoms with van der Waals surface area (Å²) in [7, 11) is 0.144. The monoisotopic (exact) mass is 502 g/mol. The zero-order chi connectivity index (χ0) is 19.1. The molecule has 26 heavy (non-hydrogen) atoms. The summed E-state index contributed by atoms with van der Waals surface area (Å²) in [6.07, 6.45) is 1.12. The fourth-order valence-corrected chi connectivity index (χ4v) is 3.26. The van der Waals surface area contributed by atoms with Crippen LogP contribution in [-0.4, -0.2) is 64.9 Å². The first-order valence-electron chi connectivity index (χ1n) is 7.82. The Hall–Kier alpha value is -1.14. The number of hydrogen-bond acceptors (Lipinski definition) is 4. The lowest BCUT2D eigenvalue weighted by Gasteiger charge is -2.29. The summed E-state index contributed by atoms with van der Waals surface area (Å²) in [5.74, 6) is 0.388. The van der Waals surface area contributed by atoms with Gasteiger partial charge in [-0.3, -0.25) is 4.99 Å². The summed E-state index contributed by atoms with van der Waals surface area (Å²) in [4.78, 5) is 5.97. The van der Waals surface area contributed by atoms with Crippen molar-refractivity contribution in [1.82, 2.24) is 14.9 Å². The molecule has 0 atom stereocenters. The SMILES string of the molecule is CN=C(NCC(C)(C)NS(C)(=O)=O)N(C)CCOc1ccccc1F.I. The Morgan fingerprint density at radius 1 is 1.35 bits per heavy atom. The summed E-state index contributed by atoms with van der Waals surface area (Å²) in [6, 6.07) is 6.23. The minimum absolute atomic E-state index is 0. The smallest absolute Gasteiger partial charge is 0.209 e. The Kier molecular flexibility index (Phi) is 10.4. The summed E-state index contributed by atoms with van der Waals surface area (Å²) in [6.45, 7) is 4.66. The van der Waals surface area contributed by atoms with Gasteiger partial charge in [0.1, 0.15) is 6.61 Å². The minimum atomic E-state index is -3.30. The van der Waals surface area contributed by atoms with Crippen LogP contribution in [0.3, 0.4) is 0 Å². The Labute approximate surface area is 172 Å². The highest BCUT2D eigenvalue weighted by molar-refractivity contribution is 14.0. The summed E-state index contributed by atoms with van der Waals surface area (Å²) < 4.78 is 44.2. The van der Waals surface area contributed by atoms with E-state index in [-0.39, 0.29) is 36.3 Å². The number of rotatable bonds is 8. The molecule has 0 aliphatic heterocycles. The molecular weight excluding hydrogens is 474 g/mol. The molecule has 1 aromatic rings. The number of guanidine groups is 1. The molecule has 0 aliphatic carbocycles. The molecule has 10 heteroatoms. The van der Waals surface area contributed by atoms with Gasteiger partial charge in [-0.25, -0.2) is 17.5 Å².